The third-order valence-corrected chi connectivity index (χ3v) is 4.14. The molecule has 0 aliphatic heterocycles. The van der Waals surface area contributed by atoms with Crippen LogP contribution in [0.1, 0.15) is 32.3 Å². The molecule has 1 N–H and O–H groups in total. The normalized spacial score (nSPS) is 20.6. The van der Waals surface area contributed by atoms with E-state index in [1.54, 1.807) is 12.1 Å². The van der Waals surface area contributed by atoms with Crippen LogP contribution in [-0.2, 0) is 6.54 Å². The monoisotopic (exact) mass is 291 g/mol. The van der Waals surface area contributed by atoms with Crippen molar-refractivity contribution in [2.45, 2.75) is 33.2 Å². The summed E-state index contributed by atoms with van der Waals surface area (Å²) < 4.78 is 0. The van der Waals surface area contributed by atoms with Gasteiger partial charge in [0.05, 0.1) is 4.92 Å². The number of hydrogen-bond donors (Lipinski definition) is 1. The number of para-hydroxylation sites is 1. The minimum absolute atomic E-state index is 0.175. The fourth-order valence-electron chi connectivity index (χ4n) is 2.73. The highest BCUT2D eigenvalue weighted by Crippen LogP contribution is 2.38. The van der Waals surface area contributed by atoms with E-state index < -0.39 is 0 Å². The van der Waals surface area contributed by atoms with Crippen molar-refractivity contribution in [3.05, 3.63) is 33.9 Å². The molecule has 2 atom stereocenters. The number of nitrogens with zero attached hydrogens (tertiary/aromatic N) is 2. The third-order valence-electron chi connectivity index (χ3n) is 4.14. The Bertz CT molecular complexity index is 504. The average molecular weight is 291 g/mol. The van der Waals surface area contributed by atoms with Gasteiger partial charge in [0.25, 0.3) is 5.69 Å². The first kappa shape index (κ1) is 15.8. The van der Waals surface area contributed by atoms with E-state index >= 15 is 0 Å². The molecule has 0 heterocycles. The van der Waals surface area contributed by atoms with Gasteiger partial charge in [0.1, 0.15) is 5.69 Å². The molecule has 0 aromatic heterocycles. The molecular weight excluding hydrogens is 266 g/mol. The summed E-state index contributed by atoms with van der Waals surface area (Å²) in [5, 5.41) is 14.4. The van der Waals surface area contributed by atoms with E-state index in [9.17, 15) is 10.1 Å². The summed E-state index contributed by atoms with van der Waals surface area (Å²) in [6, 6.07) is 5.33. The van der Waals surface area contributed by atoms with E-state index in [1.165, 1.54) is 6.42 Å². The number of anilines is 1. The van der Waals surface area contributed by atoms with Gasteiger partial charge in [-0.05, 0) is 37.3 Å². The molecule has 0 amide bonds. The van der Waals surface area contributed by atoms with Crippen molar-refractivity contribution >= 4 is 11.4 Å². The molecule has 1 aliphatic carbocycles. The first-order valence-corrected chi connectivity index (χ1v) is 7.71. The van der Waals surface area contributed by atoms with E-state index in [0.29, 0.717) is 5.69 Å². The van der Waals surface area contributed by atoms with Gasteiger partial charge in [0, 0.05) is 25.7 Å². The van der Waals surface area contributed by atoms with Crippen LogP contribution in [0.5, 0.6) is 0 Å². The molecule has 2 rings (SSSR count). The maximum absolute atomic E-state index is 11.2. The van der Waals surface area contributed by atoms with Gasteiger partial charge in [0.2, 0.25) is 0 Å². The molecule has 1 saturated carbocycles. The van der Waals surface area contributed by atoms with Crippen LogP contribution in [0.15, 0.2) is 18.2 Å². The minimum atomic E-state index is -0.301. The molecule has 1 fully saturated rings. The fourth-order valence-corrected chi connectivity index (χ4v) is 2.73. The number of nitro groups is 1. The number of benzene rings is 1. The zero-order valence-corrected chi connectivity index (χ0v) is 13.1. The largest absolute Gasteiger partial charge is 0.379 e. The smallest absolute Gasteiger partial charge is 0.292 e. The highest BCUT2D eigenvalue weighted by atomic mass is 16.6. The Labute approximate surface area is 126 Å². The molecule has 0 bridgehead atoms. The standard InChI is InChI=1S/C16H25N3O2/c1-4-8-17-16-13(6-5-7-15(16)19(20)21)10-18(3)11-14-9-12(14)2/h5-7,12,14,17H,4,8-11H2,1-3H3. The van der Waals surface area contributed by atoms with Crippen molar-refractivity contribution in [2.24, 2.45) is 11.8 Å². The third kappa shape index (κ3) is 4.17. The van der Waals surface area contributed by atoms with Crippen molar-refractivity contribution < 1.29 is 4.92 Å². The van der Waals surface area contributed by atoms with Gasteiger partial charge in [-0.25, -0.2) is 0 Å². The molecule has 1 aromatic rings. The highest BCUT2D eigenvalue weighted by molar-refractivity contribution is 5.66. The Morgan fingerprint density at radius 3 is 2.76 bits per heavy atom. The molecule has 0 radical (unpaired) electrons. The summed E-state index contributed by atoms with van der Waals surface area (Å²) in [4.78, 5) is 13.2. The molecule has 0 spiro atoms. The van der Waals surface area contributed by atoms with Crippen LogP contribution in [0.3, 0.4) is 0 Å². The van der Waals surface area contributed by atoms with Crippen LogP contribution in [0, 0.1) is 22.0 Å². The van der Waals surface area contributed by atoms with Gasteiger partial charge in [-0.15, -0.1) is 0 Å². The molecule has 0 saturated heterocycles. The van der Waals surface area contributed by atoms with Crippen molar-refractivity contribution in [1.29, 1.82) is 0 Å². The number of nitro benzene ring substituents is 1. The van der Waals surface area contributed by atoms with E-state index in [-0.39, 0.29) is 10.6 Å². The Morgan fingerprint density at radius 2 is 2.19 bits per heavy atom. The van der Waals surface area contributed by atoms with Crippen LogP contribution in [0.4, 0.5) is 11.4 Å². The zero-order valence-electron chi connectivity index (χ0n) is 13.1. The number of nitrogens with one attached hydrogen (secondary N) is 1. The topological polar surface area (TPSA) is 58.4 Å². The number of hydrogen-bond acceptors (Lipinski definition) is 4. The molecule has 1 aliphatic rings. The van der Waals surface area contributed by atoms with Crippen LogP contribution in [-0.4, -0.2) is 30.0 Å². The first-order chi connectivity index (χ1) is 10.0. The molecule has 5 heteroatoms. The lowest BCUT2D eigenvalue weighted by Gasteiger charge is -2.19. The predicted octanol–water partition coefficient (Wildman–Crippen LogP) is 3.50. The molecule has 5 nitrogen and oxygen atoms in total. The van der Waals surface area contributed by atoms with Crippen molar-refractivity contribution in [2.75, 3.05) is 25.5 Å². The highest BCUT2D eigenvalue weighted by Gasteiger charge is 2.33. The van der Waals surface area contributed by atoms with Gasteiger partial charge < -0.3 is 10.2 Å². The predicted molar refractivity (Wildman–Crippen MR) is 85.5 cm³/mol. The summed E-state index contributed by atoms with van der Waals surface area (Å²) in [6.07, 6.45) is 2.25. The van der Waals surface area contributed by atoms with Gasteiger partial charge in [-0.1, -0.05) is 26.0 Å². The van der Waals surface area contributed by atoms with Gasteiger partial charge in [-0.2, -0.15) is 0 Å². The maximum atomic E-state index is 11.2. The summed E-state index contributed by atoms with van der Waals surface area (Å²) in [5.74, 6) is 1.62. The molecule has 21 heavy (non-hydrogen) atoms. The molecular formula is C16H25N3O2. The number of rotatable bonds is 8. The average Bonchev–Trinajstić information content (AvgIpc) is 3.11. The Balaban J connectivity index is 2.12. The zero-order chi connectivity index (χ0) is 15.4. The second kappa shape index (κ2) is 6.89. The molecule has 116 valence electrons. The Morgan fingerprint density at radius 1 is 1.48 bits per heavy atom. The van der Waals surface area contributed by atoms with E-state index in [1.807, 2.05) is 6.07 Å². The van der Waals surface area contributed by atoms with Crippen LogP contribution >= 0.6 is 0 Å². The quantitative estimate of drug-likeness (QED) is 0.588. The lowest BCUT2D eigenvalue weighted by molar-refractivity contribution is -0.384. The van der Waals surface area contributed by atoms with Crippen molar-refractivity contribution in [3.63, 3.8) is 0 Å². The summed E-state index contributed by atoms with van der Waals surface area (Å²) in [5.41, 5.74) is 1.86. The summed E-state index contributed by atoms with van der Waals surface area (Å²) in [7, 11) is 2.09. The van der Waals surface area contributed by atoms with Gasteiger partial charge in [0.15, 0.2) is 0 Å². The first-order valence-electron chi connectivity index (χ1n) is 7.71. The SMILES string of the molecule is CCCNc1c(CN(C)CC2CC2C)cccc1[N+](=O)[O-]. The van der Waals surface area contributed by atoms with Gasteiger partial charge in [-0.3, -0.25) is 10.1 Å². The van der Waals surface area contributed by atoms with Crippen LogP contribution in [0.2, 0.25) is 0 Å². The maximum Gasteiger partial charge on any atom is 0.292 e. The van der Waals surface area contributed by atoms with E-state index in [2.05, 4.69) is 31.1 Å². The summed E-state index contributed by atoms with van der Waals surface area (Å²) in [6.45, 7) is 6.90. The summed E-state index contributed by atoms with van der Waals surface area (Å²) >= 11 is 0. The lowest BCUT2D eigenvalue weighted by atomic mass is 10.1. The van der Waals surface area contributed by atoms with Gasteiger partial charge >= 0.3 is 0 Å². The van der Waals surface area contributed by atoms with E-state index in [4.69, 9.17) is 0 Å². The minimum Gasteiger partial charge on any atom is -0.379 e. The Kier molecular flexibility index (Phi) is 5.17. The lowest BCUT2D eigenvalue weighted by Crippen LogP contribution is -2.22. The van der Waals surface area contributed by atoms with Crippen LogP contribution in [0.25, 0.3) is 0 Å². The van der Waals surface area contributed by atoms with Crippen molar-refractivity contribution in [3.8, 4) is 0 Å². The molecule has 2 unspecified atom stereocenters. The second-order valence-electron chi connectivity index (χ2n) is 6.16. The molecule has 1 aromatic carbocycles. The van der Waals surface area contributed by atoms with Crippen molar-refractivity contribution in [1.82, 2.24) is 4.90 Å². The fraction of sp³-hybridized carbons (Fsp3) is 0.625. The Hall–Kier alpha value is -1.62. The van der Waals surface area contributed by atoms with Crippen LogP contribution < -0.4 is 5.32 Å². The van der Waals surface area contributed by atoms with E-state index in [0.717, 1.165) is 43.5 Å². The second-order valence-corrected chi connectivity index (χ2v) is 6.16.